The van der Waals surface area contributed by atoms with E-state index < -0.39 is 107 Å². The average molecular weight is 1570 g/mol. The fourth-order valence-corrected chi connectivity index (χ4v) is 22.0. The van der Waals surface area contributed by atoms with E-state index in [2.05, 4.69) is 49.0 Å². The predicted molar refractivity (Wildman–Crippen MR) is 437 cm³/mol. The van der Waals surface area contributed by atoms with Gasteiger partial charge in [0.1, 0.15) is 23.0 Å². The summed E-state index contributed by atoms with van der Waals surface area (Å²) in [6.45, 7) is 5.91. The van der Waals surface area contributed by atoms with Crippen molar-refractivity contribution in [2.75, 3.05) is 0 Å². The molecule has 606 valence electrons. The molecule has 8 amide bonds. The number of fused-ring (bicyclic) bond motifs is 7. The molecule has 116 heavy (non-hydrogen) atoms. The van der Waals surface area contributed by atoms with Crippen LogP contribution >= 0.6 is 0 Å². The smallest absolute Gasteiger partial charge is 0.322 e. The SMILES string of the molecule is CCCCCCCc1ccc(C23NC(=O)N4Cc5c(O)c6c(c(O)c5CN(C(=O)N2)C43c2ccc(CCCCCCC)cc2)Cn2c(=O)c3c(c(=O)n2C6)C2CCC3c3c2c(=O)n2n(c3=O)Cc3c(O)c4c(c(O)c3C2)CN2C(=O)NC3(c5ccc(CCCCCCC)cc5)NC(=O)N(C4)C23c2ccc(CCCCCCC)cc2)cc1. The van der Waals surface area contributed by atoms with Gasteiger partial charge in [-0.3, -0.25) is 38.8 Å². The first kappa shape index (κ1) is 76.3. The van der Waals surface area contributed by atoms with Gasteiger partial charge in [-0.05, 0) is 86.5 Å². The molecule has 11 aliphatic rings. The number of nitrogens with one attached hydrogen (secondary N) is 4. The number of amides is 8. The maximum absolute atomic E-state index is 15.7. The lowest BCUT2D eigenvalue weighted by atomic mass is 9.65. The Bertz CT molecular complexity index is 5040. The Kier molecular flexibility index (Phi) is 19.5. The second-order valence-electron chi connectivity index (χ2n) is 34.4. The van der Waals surface area contributed by atoms with Crippen LogP contribution in [0.2, 0.25) is 0 Å². The number of carbonyl (C=O) groups excluding carboxylic acids is 4. The van der Waals surface area contributed by atoms with Crippen molar-refractivity contribution in [1.29, 1.82) is 0 Å². The molecule has 0 radical (unpaired) electrons. The Morgan fingerprint density at radius 2 is 0.491 bits per heavy atom. The first-order valence-corrected chi connectivity index (χ1v) is 43.0. The van der Waals surface area contributed by atoms with Crippen molar-refractivity contribution in [3.8, 4) is 23.0 Å². The summed E-state index contributed by atoms with van der Waals surface area (Å²) in [6.07, 6.45) is 26.1. The highest BCUT2D eigenvalue weighted by Crippen LogP contribution is 2.61. The van der Waals surface area contributed by atoms with Gasteiger partial charge in [0.2, 0.25) is 0 Å². The number of hydrogen-bond donors (Lipinski definition) is 8. The molecule has 0 unspecified atom stereocenters. The third-order valence-electron chi connectivity index (χ3n) is 27.9. The second-order valence-corrected chi connectivity index (χ2v) is 34.4. The number of rotatable bonds is 28. The molecular weight excluding hydrogens is 1470 g/mol. The molecule has 24 heteroatoms. The van der Waals surface area contributed by atoms with E-state index in [4.69, 9.17) is 0 Å². The van der Waals surface area contributed by atoms with E-state index in [0.29, 0.717) is 22.3 Å². The van der Waals surface area contributed by atoms with Crippen LogP contribution in [0.1, 0.15) is 292 Å². The molecule has 19 rings (SSSR count). The Morgan fingerprint density at radius 1 is 0.284 bits per heavy atom. The van der Waals surface area contributed by atoms with Crippen LogP contribution in [0.5, 0.6) is 23.0 Å². The third kappa shape index (κ3) is 11.3. The van der Waals surface area contributed by atoms with Gasteiger partial charge in [0.15, 0.2) is 22.7 Å². The van der Waals surface area contributed by atoms with Gasteiger partial charge in [-0.15, -0.1) is 0 Å². The number of aromatic hydroxyl groups is 4. The van der Waals surface area contributed by atoms with E-state index in [1.807, 2.05) is 97.1 Å². The largest absolute Gasteiger partial charge is 0.507 e. The van der Waals surface area contributed by atoms with Gasteiger partial charge in [-0.2, -0.15) is 0 Å². The highest BCUT2D eigenvalue weighted by atomic mass is 16.3. The summed E-state index contributed by atoms with van der Waals surface area (Å²) in [7, 11) is 0. The third-order valence-corrected chi connectivity index (χ3v) is 27.9. The number of phenols is 4. The summed E-state index contributed by atoms with van der Waals surface area (Å²) >= 11 is 0. The molecular formula is C92H106N12O12. The molecule has 4 saturated heterocycles. The number of carbonyl (C=O) groups is 4. The number of hydrogen-bond acceptors (Lipinski definition) is 12. The number of aromatic nitrogens is 4. The van der Waals surface area contributed by atoms with Crippen LogP contribution in [0, 0.1) is 0 Å². The monoisotopic (exact) mass is 1570 g/mol. The summed E-state index contributed by atoms with van der Waals surface area (Å²) < 4.78 is 4.89. The minimum atomic E-state index is -1.63. The minimum absolute atomic E-state index is 0.0476. The van der Waals surface area contributed by atoms with Gasteiger partial charge in [0.05, 0.1) is 52.4 Å². The Morgan fingerprint density at radius 3 is 0.716 bits per heavy atom. The van der Waals surface area contributed by atoms with Gasteiger partial charge >= 0.3 is 24.1 Å². The van der Waals surface area contributed by atoms with Gasteiger partial charge in [0, 0.05) is 101 Å². The lowest BCUT2D eigenvalue weighted by Gasteiger charge is -2.46. The minimum Gasteiger partial charge on any atom is -0.507 e. The molecule has 2 aromatic heterocycles. The van der Waals surface area contributed by atoms with E-state index in [1.165, 1.54) is 44.4 Å². The van der Waals surface area contributed by atoms with Crippen LogP contribution in [0.25, 0.3) is 0 Å². The lowest BCUT2D eigenvalue weighted by Crippen LogP contribution is -2.61. The number of benzene rings is 6. The Hall–Kier alpha value is -11.0. The van der Waals surface area contributed by atoms with Crippen molar-refractivity contribution >= 4 is 24.1 Å². The fraction of sp³-hybridized carbons (Fsp3) is 0.478. The molecule has 4 fully saturated rings. The number of phenolic OH excluding ortho intramolecular Hbond substituents is 4. The maximum Gasteiger partial charge on any atom is 0.322 e. The first-order chi connectivity index (χ1) is 56.3. The highest BCUT2D eigenvalue weighted by molar-refractivity contribution is 5.92. The molecule has 0 spiro atoms. The van der Waals surface area contributed by atoms with Crippen LogP contribution in [-0.2, 0) is 101 Å². The number of unbranched alkanes of at least 4 members (excludes halogenated alkanes) is 16. The second kappa shape index (κ2) is 29.6. The molecule has 8 aromatic rings. The van der Waals surface area contributed by atoms with Crippen molar-refractivity contribution in [3.63, 3.8) is 0 Å². The molecule has 2 bridgehead atoms. The summed E-state index contributed by atoms with van der Waals surface area (Å²) in [5.74, 6) is -3.38. The summed E-state index contributed by atoms with van der Waals surface area (Å²) in [4.78, 5) is 130. The van der Waals surface area contributed by atoms with Crippen LogP contribution < -0.4 is 43.5 Å². The Balaban J connectivity index is 0.682. The molecule has 8 N–H and O–H groups in total. The number of aryl methyl sites for hydroxylation is 4. The van der Waals surface area contributed by atoms with E-state index in [9.17, 15) is 20.4 Å². The number of urea groups is 4. The normalized spacial score (nSPS) is 22.4. The summed E-state index contributed by atoms with van der Waals surface area (Å²) in [6, 6.07) is 29.9. The van der Waals surface area contributed by atoms with Gasteiger partial charge in [0.25, 0.3) is 22.2 Å². The zero-order chi connectivity index (χ0) is 80.4. The van der Waals surface area contributed by atoms with E-state index in [-0.39, 0.29) is 129 Å². The summed E-state index contributed by atoms with van der Waals surface area (Å²) in [5, 5.41) is 65.0. The zero-order valence-corrected chi connectivity index (χ0v) is 67.1. The Labute approximate surface area is 674 Å². The molecule has 3 aliphatic carbocycles. The lowest BCUT2D eigenvalue weighted by molar-refractivity contribution is -0.0156. The predicted octanol–water partition coefficient (Wildman–Crippen LogP) is 13.9. The molecule has 0 saturated carbocycles. The topological polar surface area (TPSA) is 298 Å². The van der Waals surface area contributed by atoms with Gasteiger partial charge in [-0.25, -0.2) is 37.9 Å². The van der Waals surface area contributed by atoms with E-state index in [1.54, 1.807) is 19.6 Å². The summed E-state index contributed by atoms with van der Waals surface area (Å²) in [5.41, 5.74) is -0.732. The molecule has 24 nitrogen and oxygen atoms in total. The van der Waals surface area contributed by atoms with Crippen LogP contribution in [-0.4, -0.2) is 82.9 Å². The van der Waals surface area contributed by atoms with Crippen molar-refractivity contribution in [2.24, 2.45) is 0 Å². The highest BCUT2D eigenvalue weighted by Gasteiger charge is 2.76. The van der Waals surface area contributed by atoms with Crippen LogP contribution in [0.15, 0.2) is 116 Å². The van der Waals surface area contributed by atoms with Crippen LogP contribution in [0.3, 0.4) is 0 Å². The van der Waals surface area contributed by atoms with E-state index >= 15 is 38.4 Å². The molecule has 0 atom stereocenters. The van der Waals surface area contributed by atoms with Crippen LogP contribution in [0.4, 0.5) is 19.2 Å². The molecule has 6 aromatic carbocycles. The van der Waals surface area contributed by atoms with Gasteiger partial charge in [-0.1, -0.05) is 227 Å². The molecule has 10 heterocycles. The van der Waals surface area contributed by atoms with Crippen molar-refractivity contribution in [1.82, 2.24) is 59.6 Å². The number of nitrogens with zero attached hydrogens (tertiary/aromatic N) is 8. The van der Waals surface area contributed by atoms with Gasteiger partial charge < -0.3 is 41.7 Å². The van der Waals surface area contributed by atoms with Crippen molar-refractivity contribution in [2.45, 2.75) is 281 Å². The average Bonchev–Trinajstić information content (AvgIpc) is 1.50. The first-order valence-electron chi connectivity index (χ1n) is 43.0. The zero-order valence-electron chi connectivity index (χ0n) is 67.1. The fourth-order valence-electron chi connectivity index (χ4n) is 22.0. The molecule has 8 aliphatic heterocycles. The quantitative estimate of drug-likeness (QED) is 0.0168. The van der Waals surface area contributed by atoms with Crippen molar-refractivity contribution in [3.05, 3.63) is 250 Å². The van der Waals surface area contributed by atoms with Crippen molar-refractivity contribution < 1.29 is 39.6 Å². The standard InChI is InChI=1S/C92H106N12O12/c1-5-9-13-17-21-25-55-29-37-59(38-30-55)89-91(61-41-33-57(34-42-61)27-23-19-15-11-7-3)97(85(113)93-89)47-65-66(48-98(91)86(114)94-89)78(106)70-52-102-82(110)74-64-46-45-63(73(74)81(109)101(102)51-69(70)77(65)105)75-76(64)84(112)104-54-72-71(53-103(104)83(75)111)79(107)67-49-99-87(115)95-90(60-39-31-56(32-40-60)26-22-18-14-10-6-2)92(99,100(88(116)96-90)50-68(67)80(72)108)62-43-35-58(36-44-62)28-24-20-16-12-8-4/h29-44,63-64,105-108H,5-28,45-54H2,1-4H3,(H,93,113)(H,94,114)(H,95,115)(H,96,116). The van der Waals surface area contributed by atoms with E-state index in [0.717, 1.165) is 151 Å². The maximum atomic E-state index is 15.7.